The van der Waals surface area contributed by atoms with Gasteiger partial charge in [-0.25, -0.2) is 0 Å². The summed E-state index contributed by atoms with van der Waals surface area (Å²) in [5.74, 6) is -1.47. The van der Waals surface area contributed by atoms with E-state index in [2.05, 4.69) is 5.32 Å². The molecule has 0 aliphatic heterocycles. The molecule has 0 fully saturated rings. The number of hydrogen-bond donors (Lipinski definition) is 3. The van der Waals surface area contributed by atoms with Gasteiger partial charge < -0.3 is 14.2 Å². The highest BCUT2D eigenvalue weighted by molar-refractivity contribution is 7.52. The molecule has 6 nitrogen and oxygen atoms in total. The van der Waals surface area contributed by atoms with Gasteiger partial charge in [0, 0.05) is 12.6 Å². The van der Waals surface area contributed by atoms with Gasteiger partial charge in [-0.3, -0.25) is 14.7 Å². The van der Waals surface area contributed by atoms with Gasteiger partial charge >= 0.3 is 7.60 Å². The molecule has 7 heteroatoms. The second kappa shape index (κ2) is 6.71. The molecule has 0 saturated carbocycles. The van der Waals surface area contributed by atoms with Crippen molar-refractivity contribution in [1.29, 1.82) is 0 Å². The van der Waals surface area contributed by atoms with Crippen LogP contribution < -0.4 is 10.7 Å². The van der Waals surface area contributed by atoms with E-state index in [0.29, 0.717) is 11.0 Å². The van der Waals surface area contributed by atoms with Crippen LogP contribution in [-0.2, 0) is 11.1 Å². The predicted octanol–water partition coefficient (Wildman–Crippen LogP) is 2.76. The fourth-order valence-corrected chi connectivity index (χ4v) is 3.24. The molecule has 0 amide bonds. The molecule has 2 aromatic carbocycles. The van der Waals surface area contributed by atoms with Crippen LogP contribution in [0, 0.1) is 0 Å². The van der Waals surface area contributed by atoms with Gasteiger partial charge in [0.15, 0.2) is 11.2 Å². The lowest BCUT2D eigenvalue weighted by molar-refractivity contribution is 0.334. The van der Waals surface area contributed by atoms with Gasteiger partial charge in [-0.15, -0.1) is 0 Å². The number of fused-ring (bicyclic) bond motifs is 1. The highest BCUT2D eigenvalue weighted by Gasteiger charge is 2.33. The van der Waals surface area contributed by atoms with Crippen molar-refractivity contribution in [1.82, 2.24) is 5.32 Å². The molecule has 124 valence electrons. The van der Waals surface area contributed by atoms with Gasteiger partial charge in [-0.2, -0.15) is 0 Å². The van der Waals surface area contributed by atoms with Crippen molar-refractivity contribution >= 4 is 18.6 Å². The van der Waals surface area contributed by atoms with E-state index < -0.39 is 13.4 Å². The molecular weight excluding hydrogens is 329 g/mol. The number of para-hydroxylation sites is 1. The third-order valence-electron chi connectivity index (χ3n) is 3.60. The van der Waals surface area contributed by atoms with E-state index in [1.165, 1.54) is 0 Å². The summed E-state index contributed by atoms with van der Waals surface area (Å²) in [7, 11) is -4.58. The number of hydrogen-bond acceptors (Lipinski definition) is 4. The molecule has 1 aromatic heterocycles. The first-order chi connectivity index (χ1) is 11.4. The normalized spacial score (nSPS) is 13.1. The van der Waals surface area contributed by atoms with Crippen LogP contribution in [0.5, 0.6) is 0 Å². The summed E-state index contributed by atoms with van der Waals surface area (Å²) in [6.07, 6.45) is 0. The van der Waals surface area contributed by atoms with Gasteiger partial charge in [0.05, 0.1) is 5.39 Å². The molecule has 3 aromatic rings. The molecule has 0 aliphatic carbocycles. The smallest absolute Gasteiger partial charge is 0.350 e. The monoisotopic (exact) mass is 345 g/mol. The first-order valence-corrected chi connectivity index (χ1v) is 8.98. The summed E-state index contributed by atoms with van der Waals surface area (Å²) in [5.41, 5.74) is 0.811. The Labute approximate surface area is 137 Å². The zero-order valence-corrected chi connectivity index (χ0v) is 13.5. The summed E-state index contributed by atoms with van der Waals surface area (Å²) >= 11 is 0. The lowest BCUT2D eigenvalue weighted by Crippen LogP contribution is -2.22. The molecule has 1 heterocycles. The van der Waals surface area contributed by atoms with Gasteiger partial charge in [-0.1, -0.05) is 42.5 Å². The summed E-state index contributed by atoms with van der Waals surface area (Å²) in [5, 5.41) is 3.16. The van der Waals surface area contributed by atoms with E-state index >= 15 is 0 Å². The minimum atomic E-state index is -4.58. The van der Waals surface area contributed by atoms with Crippen LogP contribution in [0.1, 0.15) is 17.1 Å². The zero-order chi connectivity index (χ0) is 17.2. The Kier molecular flexibility index (Phi) is 4.64. The largest absolute Gasteiger partial charge is 0.458 e. The maximum atomic E-state index is 12.2. The Morgan fingerprint density at radius 1 is 1.04 bits per heavy atom. The molecule has 0 radical (unpaired) electrons. The Morgan fingerprint density at radius 2 is 1.71 bits per heavy atom. The van der Waals surface area contributed by atoms with Gasteiger partial charge in [0.2, 0.25) is 0 Å². The van der Waals surface area contributed by atoms with Crippen LogP contribution >= 0.6 is 7.60 Å². The fourth-order valence-electron chi connectivity index (χ4n) is 2.45. The SMILES string of the molecule is O=c1cc(C(NCc2ccccc2)P(=O)(O)O)oc2ccccc12. The average molecular weight is 345 g/mol. The second-order valence-corrected chi connectivity index (χ2v) is 7.06. The molecule has 0 bridgehead atoms. The van der Waals surface area contributed by atoms with Gasteiger partial charge in [-0.05, 0) is 17.7 Å². The van der Waals surface area contributed by atoms with Crippen LogP contribution in [0.25, 0.3) is 11.0 Å². The van der Waals surface area contributed by atoms with Crippen molar-refractivity contribution in [3.05, 3.63) is 82.2 Å². The highest BCUT2D eigenvalue weighted by atomic mass is 31.2. The first kappa shape index (κ1) is 16.6. The van der Waals surface area contributed by atoms with Crippen LogP contribution in [0.4, 0.5) is 0 Å². The minimum absolute atomic E-state index is 0.0806. The van der Waals surface area contributed by atoms with E-state index in [4.69, 9.17) is 4.42 Å². The van der Waals surface area contributed by atoms with Crippen molar-refractivity contribution < 1.29 is 18.8 Å². The van der Waals surface area contributed by atoms with E-state index in [9.17, 15) is 19.1 Å². The molecule has 0 spiro atoms. The number of benzene rings is 2. The quantitative estimate of drug-likeness (QED) is 0.615. The molecule has 0 aliphatic rings. The van der Waals surface area contributed by atoms with Gasteiger partial charge in [0.1, 0.15) is 11.3 Å². The molecule has 24 heavy (non-hydrogen) atoms. The average Bonchev–Trinajstić information content (AvgIpc) is 2.55. The standard InChI is InChI=1S/C17H16NO5P/c19-14-10-16(23-15-9-5-4-8-13(14)15)17(24(20,21)22)18-11-12-6-2-1-3-7-12/h1-10,17-18H,11H2,(H2,20,21,22). The fraction of sp³-hybridized carbons (Fsp3) is 0.118. The summed E-state index contributed by atoms with van der Waals surface area (Å²) in [6.45, 7) is 0.229. The summed E-state index contributed by atoms with van der Waals surface area (Å²) in [6, 6.07) is 16.9. The van der Waals surface area contributed by atoms with Crippen molar-refractivity contribution in [3.8, 4) is 0 Å². The third kappa shape index (κ3) is 3.63. The van der Waals surface area contributed by atoms with E-state index in [0.717, 1.165) is 11.6 Å². The molecule has 0 saturated heterocycles. The Hall–Kier alpha value is -2.24. The molecular formula is C17H16NO5P. The topological polar surface area (TPSA) is 99.8 Å². The van der Waals surface area contributed by atoms with E-state index in [-0.39, 0.29) is 17.7 Å². The van der Waals surface area contributed by atoms with Crippen molar-refractivity contribution in [2.45, 2.75) is 12.3 Å². The zero-order valence-electron chi connectivity index (χ0n) is 12.6. The molecule has 3 rings (SSSR count). The molecule has 3 N–H and O–H groups in total. The van der Waals surface area contributed by atoms with Gasteiger partial charge in [0.25, 0.3) is 0 Å². The number of rotatable bonds is 5. The van der Waals surface area contributed by atoms with Crippen LogP contribution in [0.3, 0.4) is 0 Å². The van der Waals surface area contributed by atoms with Crippen LogP contribution in [0.2, 0.25) is 0 Å². The molecule has 1 atom stereocenters. The van der Waals surface area contributed by atoms with Crippen molar-refractivity contribution in [3.63, 3.8) is 0 Å². The second-order valence-electron chi connectivity index (χ2n) is 5.37. The van der Waals surface area contributed by atoms with Crippen LogP contribution in [0.15, 0.2) is 69.9 Å². The Morgan fingerprint density at radius 3 is 2.42 bits per heavy atom. The Bertz CT molecular complexity index is 948. The summed E-state index contributed by atoms with van der Waals surface area (Å²) < 4.78 is 17.4. The number of nitrogens with one attached hydrogen (secondary N) is 1. The first-order valence-electron chi connectivity index (χ1n) is 7.30. The molecule has 1 unspecified atom stereocenters. The predicted molar refractivity (Wildman–Crippen MR) is 90.6 cm³/mol. The maximum Gasteiger partial charge on any atom is 0.350 e. The van der Waals surface area contributed by atoms with E-state index in [1.54, 1.807) is 24.3 Å². The lowest BCUT2D eigenvalue weighted by Gasteiger charge is -2.19. The van der Waals surface area contributed by atoms with Crippen molar-refractivity contribution in [2.75, 3.05) is 0 Å². The highest BCUT2D eigenvalue weighted by Crippen LogP contribution is 2.50. The van der Waals surface area contributed by atoms with Crippen molar-refractivity contribution in [2.24, 2.45) is 0 Å². The lowest BCUT2D eigenvalue weighted by atomic mass is 10.2. The Balaban J connectivity index is 1.97. The third-order valence-corrected chi connectivity index (χ3v) is 4.71. The summed E-state index contributed by atoms with van der Waals surface area (Å²) in [4.78, 5) is 31.5. The minimum Gasteiger partial charge on any atom is -0.458 e. The van der Waals surface area contributed by atoms with E-state index in [1.807, 2.05) is 30.3 Å². The maximum absolute atomic E-state index is 12.2. The van der Waals surface area contributed by atoms with Crippen LogP contribution in [-0.4, -0.2) is 9.79 Å².